The van der Waals surface area contributed by atoms with Crippen LogP contribution in [0.2, 0.25) is 0 Å². The molecule has 0 spiro atoms. The Hall–Kier alpha value is -4.31. The Bertz CT molecular complexity index is 1910. The lowest BCUT2D eigenvalue weighted by molar-refractivity contribution is -0.245. The molecule has 2 heterocycles. The molecule has 0 bridgehead atoms. The highest BCUT2D eigenvalue weighted by atomic mass is 32.2. The predicted octanol–water partition coefficient (Wildman–Crippen LogP) is 8.72. The van der Waals surface area contributed by atoms with Gasteiger partial charge < -0.3 is 19.9 Å². The number of aromatic nitrogens is 1. The highest BCUT2D eigenvalue weighted by molar-refractivity contribution is 8.01. The zero-order valence-corrected chi connectivity index (χ0v) is 27.3. The number of amides is 1. The second-order valence-corrected chi connectivity index (χ2v) is 13.8. The van der Waals surface area contributed by atoms with Crippen LogP contribution in [0.3, 0.4) is 0 Å². The van der Waals surface area contributed by atoms with E-state index >= 15 is 0 Å². The van der Waals surface area contributed by atoms with Gasteiger partial charge in [0.15, 0.2) is 10.6 Å². The standard InChI is InChI=1S/C39H34N2O4S2/c42-24-26-13-15-29(16-14-26)35-22-33(25-46-39-41-34-11-4-5-12-36(34)47-39)44-38(45-35)31-19-17-28(18-20-31)32-10-6-7-27(21-32)23-40-37(43)30-8-2-1-3-9-30/h1-21,33,35,38,42H,22-25H2,(H,40,43)/t33-,35+,38+/m1/s1. The van der Waals surface area contributed by atoms with E-state index in [4.69, 9.17) is 14.5 Å². The van der Waals surface area contributed by atoms with E-state index < -0.39 is 6.29 Å². The first-order valence-corrected chi connectivity index (χ1v) is 17.4. The van der Waals surface area contributed by atoms with E-state index in [0.717, 1.165) is 55.4 Å². The summed E-state index contributed by atoms with van der Waals surface area (Å²) in [4.78, 5) is 17.3. The van der Waals surface area contributed by atoms with E-state index in [1.54, 1.807) is 23.1 Å². The number of carbonyl (C=O) groups is 1. The maximum Gasteiger partial charge on any atom is 0.251 e. The molecule has 1 aliphatic heterocycles. The highest BCUT2D eigenvalue weighted by Crippen LogP contribution is 2.40. The molecule has 0 unspecified atom stereocenters. The van der Waals surface area contributed by atoms with Crippen molar-refractivity contribution in [1.82, 2.24) is 10.3 Å². The third-order valence-electron chi connectivity index (χ3n) is 8.21. The molecule has 5 aromatic carbocycles. The lowest BCUT2D eigenvalue weighted by atomic mass is 9.99. The predicted molar refractivity (Wildman–Crippen MR) is 188 cm³/mol. The van der Waals surface area contributed by atoms with E-state index in [1.165, 1.54) is 4.70 Å². The van der Waals surface area contributed by atoms with Crippen molar-refractivity contribution in [2.24, 2.45) is 0 Å². The fourth-order valence-corrected chi connectivity index (χ4v) is 7.78. The molecular formula is C39H34N2O4S2. The number of hydrogen-bond donors (Lipinski definition) is 2. The third kappa shape index (κ3) is 7.64. The summed E-state index contributed by atoms with van der Waals surface area (Å²) >= 11 is 3.43. The topological polar surface area (TPSA) is 80.7 Å². The van der Waals surface area contributed by atoms with E-state index in [-0.39, 0.29) is 24.7 Å². The van der Waals surface area contributed by atoms with Crippen LogP contribution < -0.4 is 5.32 Å². The van der Waals surface area contributed by atoms with Crippen LogP contribution in [0.1, 0.15) is 51.4 Å². The van der Waals surface area contributed by atoms with Crippen molar-refractivity contribution in [2.45, 2.75) is 42.4 Å². The highest BCUT2D eigenvalue weighted by Gasteiger charge is 2.32. The summed E-state index contributed by atoms with van der Waals surface area (Å²) < 4.78 is 15.4. The minimum absolute atomic E-state index is 0.0105. The molecule has 47 heavy (non-hydrogen) atoms. The zero-order chi connectivity index (χ0) is 32.0. The van der Waals surface area contributed by atoms with Gasteiger partial charge in [0, 0.05) is 29.8 Å². The SMILES string of the molecule is O=C(NCc1cccc(-c2ccc([C@H]3O[C@@H](CSc4nc5ccccc5s4)C[C@@H](c4ccc(CO)cc4)O3)cc2)c1)c1ccccc1. The normalized spacial score (nSPS) is 17.9. The largest absolute Gasteiger partial charge is 0.392 e. The van der Waals surface area contributed by atoms with E-state index in [1.807, 2.05) is 84.9 Å². The Labute approximate surface area is 282 Å². The van der Waals surface area contributed by atoms with E-state index in [9.17, 15) is 9.90 Å². The molecule has 2 N–H and O–H groups in total. The summed E-state index contributed by atoms with van der Waals surface area (Å²) in [6.45, 7) is 0.455. The van der Waals surface area contributed by atoms with Gasteiger partial charge in [-0.25, -0.2) is 4.98 Å². The van der Waals surface area contributed by atoms with Crippen LogP contribution in [0.4, 0.5) is 0 Å². The van der Waals surface area contributed by atoms with Gasteiger partial charge in [0.2, 0.25) is 0 Å². The molecule has 236 valence electrons. The number of benzene rings is 5. The number of aliphatic hydroxyl groups is 1. The van der Waals surface area contributed by atoms with Gasteiger partial charge in [0.25, 0.3) is 5.91 Å². The Morgan fingerprint density at radius 3 is 2.36 bits per heavy atom. The number of rotatable bonds is 10. The fraction of sp³-hybridized carbons (Fsp3) is 0.179. The molecule has 0 saturated carbocycles. The molecule has 0 radical (unpaired) electrons. The van der Waals surface area contributed by atoms with Gasteiger partial charge in [-0.3, -0.25) is 4.79 Å². The molecule has 1 aromatic heterocycles. The number of thioether (sulfide) groups is 1. The Kier molecular flexibility index (Phi) is 9.74. The van der Waals surface area contributed by atoms with Crippen molar-refractivity contribution in [3.8, 4) is 11.1 Å². The average Bonchev–Trinajstić information content (AvgIpc) is 3.57. The number of hydrogen-bond acceptors (Lipinski definition) is 7. The first-order chi connectivity index (χ1) is 23.1. The maximum absolute atomic E-state index is 12.5. The molecule has 1 saturated heterocycles. The minimum Gasteiger partial charge on any atom is -0.392 e. The zero-order valence-electron chi connectivity index (χ0n) is 25.6. The number of aliphatic hydroxyl groups excluding tert-OH is 1. The monoisotopic (exact) mass is 658 g/mol. The van der Waals surface area contributed by atoms with Crippen molar-refractivity contribution < 1.29 is 19.4 Å². The van der Waals surface area contributed by atoms with Crippen molar-refractivity contribution in [3.63, 3.8) is 0 Å². The number of thiazole rings is 1. The number of nitrogens with zero attached hydrogens (tertiary/aromatic N) is 1. The van der Waals surface area contributed by atoms with Crippen molar-refractivity contribution >= 4 is 39.2 Å². The van der Waals surface area contributed by atoms with Crippen LogP contribution in [-0.4, -0.2) is 27.9 Å². The van der Waals surface area contributed by atoms with Gasteiger partial charge in [-0.05, 0) is 58.1 Å². The summed E-state index contributed by atoms with van der Waals surface area (Å²) in [6.07, 6.45) is -0.0000757. The van der Waals surface area contributed by atoms with Crippen LogP contribution >= 0.6 is 23.1 Å². The molecule has 0 aliphatic carbocycles. The maximum atomic E-state index is 12.5. The van der Waals surface area contributed by atoms with Crippen molar-refractivity contribution in [3.05, 3.63) is 155 Å². The Morgan fingerprint density at radius 1 is 0.809 bits per heavy atom. The smallest absolute Gasteiger partial charge is 0.251 e. The molecule has 6 aromatic rings. The third-order valence-corrected chi connectivity index (χ3v) is 10.5. The lowest BCUT2D eigenvalue weighted by Crippen LogP contribution is -2.31. The molecule has 6 nitrogen and oxygen atoms in total. The van der Waals surface area contributed by atoms with Gasteiger partial charge >= 0.3 is 0 Å². The minimum atomic E-state index is -0.527. The number of para-hydroxylation sites is 1. The Morgan fingerprint density at radius 2 is 1.57 bits per heavy atom. The summed E-state index contributed by atoms with van der Waals surface area (Å²) in [5, 5.41) is 12.6. The second-order valence-electron chi connectivity index (χ2n) is 11.5. The molecule has 1 fully saturated rings. The fourth-order valence-electron chi connectivity index (χ4n) is 5.67. The molecule has 8 heteroatoms. The number of nitrogens with one attached hydrogen (secondary N) is 1. The van der Waals surface area contributed by atoms with E-state index in [0.29, 0.717) is 12.1 Å². The molecular weight excluding hydrogens is 625 g/mol. The molecule has 1 aliphatic rings. The molecule has 1 amide bonds. The van der Waals surface area contributed by atoms with E-state index in [2.05, 4.69) is 47.8 Å². The van der Waals surface area contributed by atoms with Gasteiger partial charge in [-0.15, -0.1) is 11.3 Å². The number of fused-ring (bicyclic) bond motifs is 1. The first kappa shape index (κ1) is 31.3. The Balaban J connectivity index is 1.06. The second kappa shape index (κ2) is 14.6. The number of carbonyl (C=O) groups excluding carboxylic acids is 1. The van der Waals surface area contributed by atoms with Crippen LogP contribution in [0.5, 0.6) is 0 Å². The number of ether oxygens (including phenoxy) is 2. The molecule has 3 atom stereocenters. The van der Waals surface area contributed by atoms with Crippen LogP contribution in [-0.2, 0) is 22.6 Å². The average molecular weight is 659 g/mol. The first-order valence-electron chi connectivity index (χ1n) is 15.6. The summed E-state index contributed by atoms with van der Waals surface area (Å²) in [6, 6.07) is 42.0. The summed E-state index contributed by atoms with van der Waals surface area (Å²) in [5.74, 6) is 0.670. The quantitative estimate of drug-likeness (QED) is 0.143. The van der Waals surface area contributed by atoms with Gasteiger partial charge in [0.1, 0.15) is 0 Å². The van der Waals surface area contributed by atoms with Crippen molar-refractivity contribution in [2.75, 3.05) is 5.75 Å². The summed E-state index contributed by atoms with van der Waals surface area (Å²) in [7, 11) is 0. The lowest BCUT2D eigenvalue weighted by Gasteiger charge is -2.36. The van der Waals surface area contributed by atoms with Crippen LogP contribution in [0.25, 0.3) is 21.3 Å². The summed E-state index contributed by atoms with van der Waals surface area (Å²) in [5.41, 5.74) is 7.73. The molecule has 7 rings (SSSR count). The van der Waals surface area contributed by atoms with Crippen molar-refractivity contribution in [1.29, 1.82) is 0 Å². The van der Waals surface area contributed by atoms with Crippen LogP contribution in [0.15, 0.2) is 132 Å². The van der Waals surface area contributed by atoms with Crippen LogP contribution in [0, 0.1) is 0 Å². The van der Waals surface area contributed by atoms with Gasteiger partial charge in [-0.1, -0.05) is 109 Å². The van der Waals surface area contributed by atoms with Gasteiger partial charge in [0.05, 0.1) is 29.0 Å². The van der Waals surface area contributed by atoms with Gasteiger partial charge in [-0.2, -0.15) is 0 Å².